The molecule has 0 saturated carbocycles. The predicted octanol–water partition coefficient (Wildman–Crippen LogP) is 3.88. The monoisotopic (exact) mass is 273 g/mol. The Morgan fingerprint density at radius 3 is 2.55 bits per heavy atom. The first-order valence-electron chi connectivity index (χ1n) is 7.68. The Morgan fingerprint density at radius 1 is 1.20 bits per heavy atom. The minimum atomic E-state index is -0.144. The standard InChI is InChI=1S/C18H24FN/c1-2-3-4-13-20-14-11-17(12-15-20)6-5-16-7-9-18(19)10-8-16/h1,7-10,17H,3-6,11-15H2. The van der Waals surface area contributed by atoms with Crippen molar-refractivity contribution in [2.45, 2.75) is 38.5 Å². The maximum absolute atomic E-state index is 12.8. The lowest BCUT2D eigenvalue weighted by atomic mass is 9.90. The lowest BCUT2D eigenvalue weighted by Gasteiger charge is -2.31. The van der Waals surface area contributed by atoms with Crippen molar-refractivity contribution in [3.8, 4) is 12.3 Å². The Hall–Kier alpha value is -1.33. The number of aryl methyl sites for hydroxylation is 1. The van der Waals surface area contributed by atoms with Crippen LogP contribution in [0.5, 0.6) is 0 Å². The molecule has 1 aromatic rings. The van der Waals surface area contributed by atoms with Crippen molar-refractivity contribution in [3.63, 3.8) is 0 Å². The normalized spacial score (nSPS) is 17.0. The summed E-state index contributed by atoms with van der Waals surface area (Å²) in [7, 11) is 0. The first-order chi connectivity index (χ1) is 9.78. The van der Waals surface area contributed by atoms with Crippen molar-refractivity contribution in [1.82, 2.24) is 4.90 Å². The fourth-order valence-corrected chi connectivity index (χ4v) is 2.93. The number of unbranched alkanes of at least 4 members (excludes halogenated alkanes) is 1. The van der Waals surface area contributed by atoms with Crippen LogP contribution in [0.2, 0.25) is 0 Å². The van der Waals surface area contributed by atoms with E-state index in [0.717, 1.165) is 31.7 Å². The van der Waals surface area contributed by atoms with Gasteiger partial charge in [0.15, 0.2) is 0 Å². The van der Waals surface area contributed by atoms with Gasteiger partial charge in [-0.1, -0.05) is 12.1 Å². The highest BCUT2D eigenvalue weighted by Gasteiger charge is 2.18. The van der Waals surface area contributed by atoms with Gasteiger partial charge < -0.3 is 4.90 Å². The first-order valence-corrected chi connectivity index (χ1v) is 7.68. The average molecular weight is 273 g/mol. The number of hydrogen-bond donors (Lipinski definition) is 0. The molecule has 0 aliphatic carbocycles. The van der Waals surface area contributed by atoms with Crippen molar-refractivity contribution < 1.29 is 4.39 Å². The van der Waals surface area contributed by atoms with Crippen molar-refractivity contribution in [3.05, 3.63) is 35.6 Å². The molecule has 1 saturated heterocycles. The molecule has 0 N–H and O–H groups in total. The Labute approximate surface area is 122 Å². The highest BCUT2D eigenvalue weighted by atomic mass is 19.1. The van der Waals surface area contributed by atoms with Gasteiger partial charge in [-0.15, -0.1) is 12.3 Å². The number of likely N-dealkylation sites (tertiary alicyclic amines) is 1. The molecule has 0 radical (unpaired) electrons. The van der Waals surface area contributed by atoms with Gasteiger partial charge >= 0.3 is 0 Å². The van der Waals surface area contributed by atoms with Crippen LogP contribution in [0.15, 0.2) is 24.3 Å². The SMILES string of the molecule is C#CCCCN1CCC(CCc2ccc(F)cc2)CC1. The van der Waals surface area contributed by atoms with E-state index in [-0.39, 0.29) is 5.82 Å². The lowest BCUT2D eigenvalue weighted by molar-refractivity contribution is 0.178. The van der Waals surface area contributed by atoms with Crippen LogP contribution in [0, 0.1) is 24.1 Å². The summed E-state index contributed by atoms with van der Waals surface area (Å²) in [6.45, 7) is 3.56. The zero-order valence-electron chi connectivity index (χ0n) is 12.2. The average Bonchev–Trinajstić information content (AvgIpc) is 2.48. The van der Waals surface area contributed by atoms with Crippen LogP contribution in [0.25, 0.3) is 0 Å². The van der Waals surface area contributed by atoms with Crippen molar-refractivity contribution >= 4 is 0 Å². The summed E-state index contributed by atoms with van der Waals surface area (Å²) < 4.78 is 12.8. The zero-order valence-corrected chi connectivity index (χ0v) is 12.2. The Morgan fingerprint density at radius 2 is 1.90 bits per heavy atom. The molecule has 1 nitrogen and oxygen atoms in total. The number of piperidine rings is 1. The molecule has 2 heteroatoms. The summed E-state index contributed by atoms with van der Waals surface area (Å²) >= 11 is 0. The summed E-state index contributed by atoms with van der Waals surface area (Å²) in [5, 5.41) is 0. The molecule has 1 heterocycles. The minimum absolute atomic E-state index is 0.144. The van der Waals surface area contributed by atoms with Crippen LogP contribution in [-0.4, -0.2) is 24.5 Å². The van der Waals surface area contributed by atoms with Crippen LogP contribution in [0.4, 0.5) is 4.39 Å². The second-order valence-corrected chi connectivity index (χ2v) is 5.76. The van der Waals surface area contributed by atoms with Gasteiger partial charge in [0.2, 0.25) is 0 Å². The number of hydrogen-bond acceptors (Lipinski definition) is 1. The topological polar surface area (TPSA) is 3.24 Å². The van der Waals surface area contributed by atoms with Crippen LogP contribution in [-0.2, 0) is 6.42 Å². The first kappa shape index (κ1) is 15.1. The molecule has 108 valence electrons. The minimum Gasteiger partial charge on any atom is -0.303 e. The molecule has 2 rings (SSSR count). The third kappa shape index (κ3) is 4.98. The maximum Gasteiger partial charge on any atom is 0.123 e. The second kappa shape index (κ2) is 8.07. The van der Waals surface area contributed by atoms with Crippen LogP contribution < -0.4 is 0 Å². The Kier molecular flexibility index (Phi) is 6.08. The van der Waals surface area contributed by atoms with Crippen LogP contribution in [0.1, 0.15) is 37.7 Å². The van der Waals surface area contributed by atoms with Crippen molar-refractivity contribution in [2.24, 2.45) is 5.92 Å². The van der Waals surface area contributed by atoms with Gasteiger partial charge in [0, 0.05) is 6.42 Å². The molecular formula is C18H24FN. The Balaban J connectivity index is 1.64. The van der Waals surface area contributed by atoms with Crippen molar-refractivity contribution in [1.29, 1.82) is 0 Å². The second-order valence-electron chi connectivity index (χ2n) is 5.76. The van der Waals surface area contributed by atoms with Gasteiger partial charge in [0.25, 0.3) is 0 Å². The summed E-state index contributed by atoms with van der Waals surface area (Å²) in [5.74, 6) is 3.38. The number of halogens is 1. The van der Waals surface area contributed by atoms with Crippen LogP contribution in [0.3, 0.4) is 0 Å². The fraction of sp³-hybridized carbons (Fsp3) is 0.556. The molecule has 0 atom stereocenters. The molecule has 1 fully saturated rings. The molecule has 0 bridgehead atoms. The quantitative estimate of drug-likeness (QED) is 0.561. The molecule has 0 unspecified atom stereocenters. The number of rotatable bonds is 6. The van der Waals surface area contributed by atoms with Gasteiger partial charge in [-0.2, -0.15) is 0 Å². The summed E-state index contributed by atoms with van der Waals surface area (Å²) in [6, 6.07) is 6.93. The van der Waals surface area contributed by atoms with Gasteiger partial charge in [0.1, 0.15) is 5.82 Å². The Bertz CT molecular complexity index is 424. The van der Waals surface area contributed by atoms with E-state index in [1.165, 1.54) is 37.9 Å². The summed E-state index contributed by atoms with van der Waals surface area (Å²) in [5.41, 5.74) is 1.25. The fourth-order valence-electron chi connectivity index (χ4n) is 2.93. The van der Waals surface area contributed by atoms with Gasteiger partial charge in [-0.25, -0.2) is 4.39 Å². The molecule has 0 spiro atoms. The third-order valence-corrected chi connectivity index (χ3v) is 4.26. The number of terminal acetylenes is 1. The molecule has 1 aromatic carbocycles. The number of nitrogens with zero attached hydrogens (tertiary/aromatic N) is 1. The van der Waals surface area contributed by atoms with E-state index in [1.807, 2.05) is 12.1 Å². The highest BCUT2D eigenvalue weighted by Crippen LogP contribution is 2.22. The van der Waals surface area contributed by atoms with E-state index in [4.69, 9.17) is 6.42 Å². The molecule has 0 amide bonds. The maximum atomic E-state index is 12.8. The summed E-state index contributed by atoms with van der Waals surface area (Å²) in [6.07, 6.45) is 12.2. The molecule has 1 aliphatic heterocycles. The van der Waals surface area contributed by atoms with E-state index >= 15 is 0 Å². The van der Waals surface area contributed by atoms with E-state index in [9.17, 15) is 4.39 Å². The zero-order chi connectivity index (χ0) is 14.2. The largest absolute Gasteiger partial charge is 0.303 e. The van der Waals surface area contributed by atoms with E-state index in [1.54, 1.807) is 12.1 Å². The van der Waals surface area contributed by atoms with Gasteiger partial charge in [-0.05, 0) is 75.4 Å². The van der Waals surface area contributed by atoms with E-state index < -0.39 is 0 Å². The number of benzene rings is 1. The third-order valence-electron chi connectivity index (χ3n) is 4.26. The molecule has 1 aliphatic rings. The predicted molar refractivity (Wildman–Crippen MR) is 82.0 cm³/mol. The van der Waals surface area contributed by atoms with Gasteiger partial charge in [0.05, 0.1) is 0 Å². The van der Waals surface area contributed by atoms with Gasteiger partial charge in [-0.3, -0.25) is 0 Å². The van der Waals surface area contributed by atoms with Crippen LogP contribution >= 0.6 is 0 Å². The molecule has 20 heavy (non-hydrogen) atoms. The van der Waals surface area contributed by atoms with E-state index in [2.05, 4.69) is 10.8 Å². The van der Waals surface area contributed by atoms with E-state index in [0.29, 0.717) is 0 Å². The highest BCUT2D eigenvalue weighted by molar-refractivity contribution is 5.16. The van der Waals surface area contributed by atoms with Crippen molar-refractivity contribution in [2.75, 3.05) is 19.6 Å². The summed E-state index contributed by atoms with van der Waals surface area (Å²) in [4.78, 5) is 2.53. The smallest absolute Gasteiger partial charge is 0.123 e. The molecule has 0 aromatic heterocycles. The lowest BCUT2D eigenvalue weighted by Crippen LogP contribution is -2.34. The molecular weight excluding hydrogens is 249 g/mol.